The number of hydrogen-bond donors (Lipinski definition) is 0. The molecule has 0 aromatic rings. The summed E-state index contributed by atoms with van der Waals surface area (Å²) in [7, 11) is 0. The minimum Gasteiger partial charge on any atom is -0.367 e. The van der Waals surface area contributed by atoms with Crippen molar-refractivity contribution in [2.75, 3.05) is 13.1 Å². The van der Waals surface area contributed by atoms with Crippen molar-refractivity contribution >= 4 is 5.91 Å². The predicted octanol–water partition coefficient (Wildman–Crippen LogP) is 0.932. The molecule has 2 atom stereocenters. The molecule has 0 N–H and O–H groups in total. The molecule has 0 unspecified atom stereocenters. The normalized spacial score (nSPS) is 29.8. The van der Waals surface area contributed by atoms with Crippen molar-refractivity contribution in [3.05, 3.63) is 6.92 Å². The zero-order chi connectivity index (χ0) is 7.72. The largest absolute Gasteiger partial charge is 0.367 e. The second-order valence-electron chi connectivity index (χ2n) is 3.25. The van der Waals surface area contributed by atoms with Gasteiger partial charge in [-0.05, 0) is 11.8 Å². The molecule has 0 bridgehead atoms. The topological polar surface area (TPSA) is 20.3 Å². The van der Waals surface area contributed by atoms with Crippen LogP contribution in [0, 0.1) is 18.8 Å². The average Bonchev–Trinajstić information content (AvgIpc) is 2.13. The quantitative estimate of drug-likeness (QED) is 0.607. The molecule has 64 valence electrons. The fourth-order valence-electron chi connectivity index (χ4n) is 1.33. The van der Waals surface area contributed by atoms with E-state index in [1.54, 1.807) is 0 Å². The summed E-state index contributed by atoms with van der Waals surface area (Å²) < 4.78 is 0. The number of rotatable bonds is 0. The van der Waals surface area contributed by atoms with Crippen LogP contribution in [0.5, 0.6) is 0 Å². The van der Waals surface area contributed by atoms with Crippen LogP contribution >= 0.6 is 0 Å². The molecule has 3 heteroatoms. The molecule has 0 saturated carbocycles. The Balaban J connectivity index is 0.000001000. The van der Waals surface area contributed by atoms with E-state index >= 15 is 0 Å². The van der Waals surface area contributed by atoms with Crippen molar-refractivity contribution in [1.29, 1.82) is 0 Å². The van der Waals surface area contributed by atoms with Crippen molar-refractivity contribution in [3.63, 3.8) is 0 Å². The molecular formula is C8H14NOW-. The first kappa shape index (κ1) is 11.0. The summed E-state index contributed by atoms with van der Waals surface area (Å²) in [5.41, 5.74) is 0. The van der Waals surface area contributed by atoms with E-state index in [9.17, 15) is 4.79 Å². The Morgan fingerprint density at radius 2 is 1.73 bits per heavy atom. The summed E-state index contributed by atoms with van der Waals surface area (Å²) in [6, 6.07) is 0. The van der Waals surface area contributed by atoms with Crippen LogP contribution in [0.1, 0.15) is 13.8 Å². The van der Waals surface area contributed by atoms with Crippen LogP contribution in [-0.4, -0.2) is 23.9 Å². The summed E-state index contributed by atoms with van der Waals surface area (Å²) in [5, 5.41) is 0. The van der Waals surface area contributed by atoms with Crippen LogP contribution in [0.3, 0.4) is 0 Å². The van der Waals surface area contributed by atoms with E-state index in [2.05, 4.69) is 20.8 Å². The molecule has 0 spiro atoms. The van der Waals surface area contributed by atoms with Gasteiger partial charge in [-0.3, -0.25) is 0 Å². The fourth-order valence-corrected chi connectivity index (χ4v) is 1.33. The maximum absolute atomic E-state index is 10.8. The first-order valence-corrected chi connectivity index (χ1v) is 3.72. The summed E-state index contributed by atoms with van der Waals surface area (Å²) in [6.07, 6.45) is 0. The van der Waals surface area contributed by atoms with Gasteiger partial charge >= 0.3 is 0 Å². The van der Waals surface area contributed by atoms with E-state index in [0.29, 0.717) is 11.8 Å². The van der Waals surface area contributed by atoms with Crippen LogP contribution in [0.25, 0.3) is 0 Å². The summed E-state index contributed by atoms with van der Waals surface area (Å²) >= 11 is 0. The summed E-state index contributed by atoms with van der Waals surface area (Å²) in [4.78, 5) is 12.6. The average molecular weight is 324 g/mol. The second-order valence-corrected chi connectivity index (χ2v) is 3.25. The summed E-state index contributed by atoms with van der Waals surface area (Å²) in [6.45, 7) is 9.51. The van der Waals surface area contributed by atoms with E-state index in [1.807, 2.05) is 4.90 Å². The Morgan fingerprint density at radius 3 is 1.91 bits per heavy atom. The molecule has 1 amide bonds. The molecule has 11 heavy (non-hydrogen) atoms. The maximum Gasteiger partial charge on any atom is 0.0823 e. The number of likely N-dealkylation sites (tertiary alicyclic amines) is 1. The van der Waals surface area contributed by atoms with E-state index in [-0.39, 0.29) is 27.0 Å². The Kier molecular flexibility index (Phi) is 4.16. The molecule has 1 fully saturated rings. The third-order valence-corrected chi connectivity index (χ3v) is 2.34. The van der Waals surface area contributed by atoms with Crippen LogP contribution in [-0.2, 0) is 25.9 Å². The van der Waals surface area contributed by atoms with Gasteiger partial charge in [0.1, 0.15) is 0 Å². The molecule has 1 aliphatic heterocycles. The molecule has 1 rings (SSSR count). The van der Waals surface area contributed by atoms with Gasteiger partial charge in [0.05, 0.1) is 5.91 Å². The first-order chi connectivity index (χ1) is 4.61. The SMILES string of the molecule is [CH2-]C(=O)N1C[C@@H](C)[C@@H](C)C1.[W]. The number of carbonyl (C=O) groups is 1. The van der Waals surface area contributed by atoms with E-state index < -0.39 is 0 Å². The van der Waals surface area contributed by atoms with Crippen LogP contribution in [0.4, 0.5) is 0 Å². The third kappa shape index (κ3) is 2.52. The minimum absolute atomic E-state index is 0. The van der Waals surface area contributed by atoms with Gasteiger partial charge in [0.15, 0.2) is 0 Å². The van der Waals surface area contributed by atoms with Gasteiger partial charge < -0.3 is 16.6 Å². The molecule has 0 aromatic heterocycles. The number of amides is 1. The van der Waals surface area contributed by atoms with E-state index in [1.165, 1.54) is 0 Å². The van der Waals surface area contributed by atoms with Gasteiger partial charge in [-0.15, -0.1) is 0 Å². The molecule has 2 nitrogen and oxygen atoms in total. The molecule has 1 aliphatic rings. The van der Waals surface area contributed by atoms with Gasteiger partial charge in [-0.2, -0.15) is 0 Å². The Hall–Kier alpha value is 0.0283. The van der Waals surface area contributed by atoms with Gasteiger partial charge in [-0.25, -0.2) is 0 Å². The monoisotopic (exact) mass is 324 g/mol. The van der Waals surface area contributed by atoms with Crippen molar-refractivity contribution < 1.29 is 25.9 Å². The Bertz CT molecular complexity index is 139. The van der Waals surface area contributed by atoms with Gasteiger partial charge in [0.2, 0.25) is 0 Å². The smallest absolute Gasteiger partial charge is 0.0823 e. The van der Waals surface area contributed by atoms with Gasteiger partial charge in [-0.1, -0.05) is 13.8 Å². The van der Waals surface area contributed by atoms with Gasteiger partial charge in [0.25, 0.3) is 0 Å². The predicted molar refractivity (Wildman–Crippen MR) is 40.3 cm³/mol. The number of nitrogens with zero attached hydrogens (tertiary/aromatic N) is 1. The minimum atomic E-state index is -0.0313. The van der Waals surface area contributed by atoms with Crippen LogP contribution in [0.15, 0.2) is 0 Å². The van der Waals surface area contributed by atoms with E-state index in [4.69, 9.17) is 0 Å². The van der Waals surface area contributed by atoms with Crippen LogP contribution in [0.2, 0.25) is 0 Å². The third-order valence-electron chi connectivity index (χ3n) is 2.34. The van der Waals surface area contributed by atoms with Crippen molar-refractivity contribution in [2.45, 2.75) is 13.8 Å². The molecule has 0 aliphatic carbocycles. The zero-order valence-electron chi connectivity index (χ0n) is 7.04. The molecule has 0 radical (unpaired) electrons. The summed E-state index contributed by atoms with van der Waals surface area (Å²) in [5.74, 6) is 1.26. The first-order valence-electron chi connectivity index (χ1n) is 3.72. The number of hydrogen-bond acceptors (Lipinski definition) is 1. The van der Waals surface area contributed by atoms with Gasteiger partial charge in [0, 0.05) is 34.2 Å². The standard InChI is InChI=1S/C8H14NO.W/c1-6-4-9(8(3)10)5-7(6)2;/h6-7H,3-5H2,1-2H3;/q-1;/t6-,7+;. The van der Waals surface area contributed by atoms with Crippen molar-refractivity contribution in [3.8, 4) is 0 Å². The zero-order valence-corrected chi connectivity index (χ0v) is 9.97. The Labute approximate surface area is 82.6 Å². The van der Waals surface area contributed by atoms with E-state index in [0.717, 1.165) is 13.1 Å². The molecular weight excluding hydrogens is 310 g/mol. The number of carbonyl (C=O) groups excluding carboxylic acids is 1. The molecule has 0 aromatic carbocycles. The molecule has 1 saturated heterocycles. The van der Waals surface area contributed by atoms with Crippen LogP contribution < -0.4 is 0 Å². The Morgan fingerprint density at radius 1 is 1.36 bits per heavy atom. The molecule has 1 heterocycles. The van der Waals surface area contributed by atoms with Crippen molar-refractivity contribution in [2.24, 2.45) is 11.8 Å². The fraction of sp³-hybridized carbons (Fsp3) is 0.750. The second kappa shape index (κ2) is 4.15. The maximum atomic E-state index is 10.8. The van der Waals surface area contributed by atoms with Crippen molar-refractivity contribution in [1.82, 2.24) is 4.90 Å².